The van der Waals surface area contributed by atoms with Gasteiger partial charge in [0.05, 0.1) is 19.8 Å². The second kappa shape index (κ2) is 21.5. The maximum Gasteiger partial charge on any atom is 0.508 e. The highest BCUT2D eigenvalue weighted by Gasteiger charge is 2.14. The number of ether oxygens (including phenoxy) is 5. The number of carbonyl (C=O) groups excluding carboxylic acids is 2. The Kier molecular flexibility index (Phi) is 19.2. The van der Waals surface area contributed by atoms with Gasteiger partial charge in [0.1, 0.15) is 25.5 Å². The number of carbonyl (C=O) groups is 2. The molecule has 35 heavy (non-hydrogen) atoms. The Morgan fingerprint density at radius 3 is 2.20 bits per heavy atom. The maximum atomic E-state index is 12.4. The number of esters is 1. The molecule has 0 saturated carbocycles. The quantitative estimate of drug-likeness (QED) is 0.106. The Balaban J connectivity index is 2.13. The third-order valence-corrected chi connectivity index (χ3v) is 5.84. The van der Waals surface area contributed by atoms with Crippen molar-refractivity contribution in [2.75, 3.05) is 46.2 Å². The smallest absolute Gasteiger partial charge is 0.457 e. The van der Waals surface area contributed by atoms with E-state index in [-0.39, 0.29) is 31.8 Å². The third kappa shape index (κ3) is 16.5. The van der Waals surface area contributed by atoms with Gasteiger partial charge >= 0.3 is 12.1 Å². The van der Waals surface area contributed by atoms with Gasteiger partial charge in [-0.25, -0.2) is 9.59 Å². The van der Waals surface area contributed by atoms with Crippen molar-refractivity contribution in [3.63, 3.8) is 0 Å². The molecule has 1 atom stereocenters. The van der Waals surface area contributed by atoms with Crippen LogP contribution in [0.3, 0.4) is 0 Å². The molecular weight excluding hydrogens is 474 g/mol. The van der Waals surface area contributed by atoms with E-state index >= 15 is 0 Å². The summed E-state index contributed by atoms with van der Waals surface area (Å²) < 4.78 is 27.2. The molecule has 202 valence electrons. The van der Waals surface area contributed by atoms with Crippen LogP contribution in [0.15, 0.2) is 18.3 Å². The van der Waals surface area contributed by atoms with Gasteiger partial charge in [0.2, 0.25) is 0 Å². The molecule has 0 N–H and O–H groups in total. The molecule has 1 unspecified atom stereocenters. The van der Waals surface area contributed by atoms with Crippen molar-refractivity contribution >= 4 is 23.7 Å². The fraction of sp³-hybridized carbons (Fsp3) is 0.769. The summed E-state index contributed by atoms with van der Waals surface area (Å²) >= 11 is 6.49. The summed E-state index contributed by atoms with van der Waals surface area (Å²) in [4.78, 5) is 23.9. The van der Waals surface area contributed by atoms with E-state index in [1.54, 1.807) is 12.1 Å². The minimum atomic E-state index is -0.827. The van der Waals surface area contributed by atoms with E-state index in [0.29, 0.717) is 32.1 Å². The van der Waals surface area contributed by atoms with Crippen LogP contribution in [0.25, 0.3) is 0 Å². The molecule has 0 fully saturated rings. The molecule has 0 bridgehead atoms. The average Bonchev–Trinajstić information content (AvgIpc) is 3.33. The van der Waals surface area contributed by atoms with Gasteiger partial charge in [-0.15, -0.1) is 11.6 Å². The number of alkyl halides is 1. The fourth-order valence-corrected chi connectivity index (χ4v) is 3.72. The first-order valence-electron chi connectivity index (χ1n) is 13.0. The zero-order valence-electron chi connectivity index (χ0n) is 21.5. The Morgan fingerprint density at radius 1 is 0.829 bits per heavy atom. The molecule has 0 aliphatic carbocycles. The molecule has 1 aromatic heterocycles. The van der Waals surface area contributed by atoms with Crippen molar-refractivity contribution in [1.82, 2.24) is 4.57 Å². The number of rotatable bonds is 22. The van der Waals surface area contributed by atoms with Crippen LogP contribution in [-0.4, -0.2) is 68.3 Å². The van der Waals surface area contributed by atoms with Crippen LogP contribution in [0.2, 0.25) is 0 Å². The van der Waals surface area contributed by atoms with Gasteiger partial charge < -0.3 is 28.3 Å². The first-order chi connectivity index (χ1) is 17.1. The van der Waals surface area contributed by atoms with Crippen molar-refractivity contribution in [2.24, 2.45) is 0 Å². The number of aromatic nitrogens is 1. The number of aryl methyl sites for hydroxylation is 1. The molecule has 0 radical (unpaired) electrons. The van der Waals surface area contributed by atoms with Crippen molar-refractivity contribution in [2.45, 2.75) is 83.6 Å². The summed E-state index contributed by atoms with van der Waals surface area (Å²) in [5, 5.41) is 0.0893. The van der Waals surface area contributed by atoms with Gasteiger partial charge in [-0.1, -0.05) is 51.9 Å². The van der Waals surface area contributed by atoms with Gasteiger partial charge in [0.15, 0.2) is 0 Å². The first-order valence-corrected chi connectivity index (χ1v) is 13.4. The lowest BCUT2D eigenvalue weighted by molar-refractivity contribution is 0.00208. The zero-order chi connectivity index (χ0) is 25.6. The van der Waals surface area contributed by atoms with Gasteiger partial charge in [-0.05, 0) is 31.9 Å². The largest absolute Gasteiger partial charge is 0.508 e. The molecular formula is C26H44ClNO7. The zero-order valence-corrected chi connectivity index (χ0v) is 22.3. The monoisotopic (exact) mass is 517 g/mol. The fourth-order valence-electron chi connectivity index (χ4n) is 3.46. The third-order valence-electron chi connectivity index (χ3n) is 5.40. The van der Waals surface area contributed by atoms with Crippen LogP contribution >= 0.6 is 11.6 Å². The first kappa shape index (κ1) is 31.3. The highest BCUT2D eigenvalue weighted by molar-refractivity contribution is 6.20. The summed E-state index contributed by atoms with van der Waals surface area (Å²) in [5.74, 6) is -0.465. The standard InChI is InChI=1S/C26H44ClNO7/c1-3-5-6-7-8-9-10-12-23(27)14-16-28-15-11-13-24(28)25(29)33-21-22-35-26(30)34-20-19-32-18-17-31-4-2/h11,13,15,23H,3-10,12,14,16-22H2,1-2H3. The molecule has 1 rings (SSSR count). The van der Waals surface area contributed by atoms with Gasteiger partial charge in [-0.3, -0.25) is 0 Å². The average molecular weight is 518 g/mol. The van der Waals surface area contributed by atoms with Crippen molar-refractivity contribution < 1.29 is 33.3 Å². The molecule has 0 amide bonds. The van der Waals surface area contributed by atoms with Gasteiger partial charge in [-0.2, -0.15) is 0 Å². The van der Waals surface area contributed by atoms with Crippen LogP contribution < -0.4 is 0 Å². The second-order valence-electron chi connectivity index (χ2n) is 8.27. The van der Waals surface area contributed by atoms with Crippen molar-refractivity contribution in [1.29, 1.82) is 0 Å². The molecule has 0 aliphatic rings. The van der Waals surface area contributed by atoms with E-state index in [2.05, 4.69) is 6.92 Å². The molecule has 0 saturated heterocycles. The topological polar surface area (TPSA) is 85.2 Å². The number of hydrogen-bond donors (Lipinski definition) is 0. The minimum Gasteiger partial charge on any atom is -0.457 e. The normalized spacial score (nSPS) is 11.9. The molecule has 1 aromatic rings. The van der Waals surface area contributed by atoms with Crippen LogP contribution in [-0.2, 0) is 30.2 Å². The lowest BCUT2D eigenvalue weighted by Gasteiger charge is -2.13. The van der Waals surface area contributed by atoms with E-state index < -0.39 is 12.1 Å². The van der Waals surface area contributed by atoms with Crippen LogP contribution in [0, 0.1) is 0 Å². The molecule has 1 heterocycles. The van der Waals surface area contributed by atoms with Gasteiger partial charge in [0, 0.05) is 24.7 Å². The molecule has 0 spiro atoms. The minimum absolute atomic E-state index is 0.0552. The van der Waals surface area contributed by atoms with E-state index in [0.717, 1.165) is 19.3 Å². The molecule has 9 heteroatoms. The summed E-state index contributed by atoms with van der Waals surface area (Å²) in [6.45, 7) is 6.56. The van der Waals surface area contributed by atoms with E-state index in [1.807, 2.05) is 17.7 Å². The second-order valence-corrected chi connectivity index (χ2v) is 8.89. The Labute approximate surface area is 215 Å². The Morgan fingerprint density at radius 2 is 1.46 bits per heavy atom. The van der Waals surface area contributed by atoms with Crippen molar-refractivity contribution in [3.8, 4) is 0 Å². The van der Waals surface area contributed by atoms with E-state index in [4.69, 9.17) is 35.3 Å². The predicted octanol–water partition coefficient (Wildman–Crippen LogP) is 5.99. The molecule has 0 aliphatic heterocycles. The lowest BCUT2D eigenvalue weighted by Crippen LogP contribution is -2.18. The SMILES string of the molecule is CCCCCCCCCC(Cl)CCn1cccc1C(=O)OCCOC(=O)OCCOCCOCC. The van der Waals surface area contributed by atoms with Crippen LogP contribution in [0.1, 0.15) is 82.1 Å². The molecule has 8 nitrogen and oxygen atoms in total. The highest BCUT2D eigenvalue weighted by atomic mass is 35.5. The lowest BCUT2D eigenvalue weighted by atomic mass is 10.1. The van der Waals surface area contributed by atoms with Crippen molar-refractivity contribution in [3.05, 3.63) is 24.0 Å². The maximum absolute atomic E-state index is 12.4. The van der Waals surface area contributed by atoms with Gasteiger partial charge in [0.25, 0.3) is 0 Å². The van der Waals surface area contributed by atoms with E-state index in [9.17, 15) is 9.59 Å². The summed E-state index contributed by atoms with van der Waals surface area (Å²) in [6, 6.07) is 3.52. The highest BCUT2D eigenvalue weighted by Crippen LogP contribution is 2.16. The number of unbranched alkanes of at least 4 members (excludes halogenated alkanes) is 6. The Bertz CT molecular complexity index is 668. The number of nitrogens with zero attached hydrogens (tertiary/aromatic N) is 1. The number of halogens is 1. The summed E-state index contributed by atoms with van der Waals surface area (Å²) in [5.41, 5.74) is 0.455. The number of hydrogen-bond acceptors (Lipinski definition) is 7. The summed E-state index contributed by atoms with van der Waals surface area (Å²) in [7, 11) is 0. The van der Waals surface area contributed by atoms with E-state index in [1.165, 1.54) is 38.5 Å². The van der Waals surface area contributed by atoms with Crippen LogP contribution in [0.4, 0.5) is 4.79 Å². The molecule has 0 aromatic carbocycles. The Hall–Kier alpha value is -1.77. The predicted molar refractivity (Wildman–Crippen MR) is 136 cm³/mol. The summed E-state index contributed by atoms with van der Waals surface area (Å²) in [6.07, 6.45) is 11.7. The van der Waals surface area contributed by atoms with Crippen LogP contribution in [0.5, 0.6) is 0 Å².